The Kier molecular flexibility index (Phi) is 7.49. The number of nitrogens with zero attached hydrogens (tertiary/aromatic N) is 3. The zero-order valence-corrected chi connectivity index (χ0v) is 21.3. The minimum Gasteiger partial charge on any atom is -0.503 e. The molecule has 1 fully saturated rings. The molecule has 0 aliphatic carbocycles. The Morgan fingerprint density at radius 1 is 1.14 bits per heavy atom. The third-order valence-corrected chi connectivity index (χ3v) is 6.89. The summed E-state index contributed by atoms with van der Waals surface area (Å²) in [5.41, 5.74) is -0.502. The van der Waals surface area contributed by atoms with Crippen molar-refractivity contribution in [1.29, 1.82) is 0 Å². The summed E-state index contributed by atoms with van der Waals surface area (Å²) in [4.78, 5) is 43.7. The first kappa shape index (κ1) is 25.9. The Balaban J connectivity index is 1.66. The van der Waals surface area contributed by atoms with Crippen LogP contribution >= 0.6 is 0 Å². The fourth-order valence-electron chi connectivity index (χ4n) is 5.34. The SMILES string of the molecule is CC(C)C[C@H]1CCN(CC(C)C)[C@@H]2Cn3cc(C(=O)NCc4ccc(F)cc4)c(=O)c(O)c3C(=O)N12. The highest BCUT2D eigenvalue weighted by Gasteiger charge is 2.44. The van der Waals surface area contributed by atoms with Crippen LogP contribution < -0.4 is 10.7 Å². The molecule has 1 aromatic carbocycles. The van der Waals surface area contributed by atoms with Crippen molar-refractivity contribution in [3.63, 3.8) is 0 Å². The quantitative estimate of drug-likeness (QED) is 0.612. The van der Waals surface area contributed by atoms with Crippen molar-refractivity contribution in [2.24, 2.45) is 11.8 Å². The Morgan fingerprint density at radius 2 is 1.83 bits per heavy atom. The van der Waals surface area contributed by atoms with Gasteiger partial charge in [0.05, 0.1) is 6.54 Å². The molecule has 2 atom stereocenters. The molecule has 0 saturated carbocycles. The fraction of sp³-hybridized carbons (Fsp3) is 0.519. The van der Waals surface area contributed by atoms with E-state index >= 15 is 0 Å². The average Bonchev–Trinajstić information content (AvgIpc) is 2.81. The monoisotopic (exact) mass is 498 g/mol. The van der Waals surface area contributed by atoms with Gasteiger partial charge in [0, 0.05) is 31.9 Å². The van der Waals surface area contributed by atoms with Gasteiger partial charge in [-0.15, -0.1) is 0 Å². The van der Waals surface area contributed by atoms with Crippen molar-refractivity contribution in [1.82, 2.24) is 19.7 Å². The summed E-state index contributed by atoms with van der Waals surface area (Å²) in [7, 11) is 0. The highest BCUT2D eigenvalue weighted by molar-refractivity contribution is 5.99. The van der Waals surface area contributed by atoms with Gasteiger partial charge in [0.2, 0.25) is 5.43 Å². The summed E-state index contributed by atoms with van der Waals surface area (Å²) < 4.78 is 14.7. The number of hydrogen-bond acceptors (Lipinski definition) is 5. The van der Waals surface area contributed by atoms with Gasteiger partial charge in [-0.1, -0.05) is 39.8 Å². The van der Waals surface area contributed by atoms with Crippen molar-refractivity contribution in [3.8, 4) is 5.75 Å². The van der Waals surface area contributed by atoms with E-state index in [9.17, 15) is 23.9 Å². The highest BCUT2D eigenvalue weighted by atomic mass is 19.1. The van der Waals surface area contributed by atoms with Gasteiger partial charge >= 0.3 is 0 Å². The van der Waals surface area contributed by atoms with E-state index < -0.39 is 17.1 Å². The number of benzene rings is 1. The lowest BCUT2D eigenvalue weighted by atomic mass is 9.94. The lowest BCUT2D eigenvalue weighted by Gasteiger charge is -2.52. The Hall–Kier alpha value is -3.20. The third kappa shape index (κ3) is 5.16. The van der Waals surface area contributed by atoms with E-state index in [1.54, 1.807) is 16.7 Å². The first-order valence-corrected chi connectivity index (χ1v) is 12.6. The van der Waals surface area contributed by atoms with Crippen LogP contribution in [0, 0.1) is 17.7 Å². The minimum atomic E-state index is -0.874. The van der Waals surface area contributed by atoms with Crippen LogP contribution in [0.2, 0.25) is 0 Å². The molecule has 194 valence electrons. The second-order valence-electron chi connectivity index (χ2n) is 10.7. The summed E-state index contributed by atoms with van der Waals surface area (Å²) in [5.74, 6) is -1.32. The van der Waals surface area contributed by atoms with E-state index in [1.165, 1.54) is 18.3 Å². The molecule has 2 N–H and O–H groups in total. The molecule has 1 saturated heterocycles. The van der Waals surface area contributed by atoms with E-state index in [0.717, 1.165) is 25.9 Å². The second kappa shape index (κ2) is 10.4. The number of aromatic hydroxyl groups is 1. The van der Waals surface area contributed by atoms with Crippen LogP contribution in [0.3, 0.4) is 0 Å². The summed E-state index contributed by atoms with van der Waals surface area (Å²) in [6, 6.07) is 5.68. The predicted molar refractivity (Wildman–Crippen MR) is 134 cm³/mol. The fourth-order valence-corrected chi connectivity index (χ4v) is 5.34. The molecular weight excluding hydrogens is 463 g/mol. The zero-order chi connectivity index (χ0) is 26.1. The van der Waals surface area contributed by atoms with Gasteiger partial charge in [0.15, 0.2) is 11.4 Å². The van der Waals surface area contributed by atoms with Crippen LogP contribution in [-0.4, -0.2) is 56.6 Å². The van der Waals surface area contributed by atoms with E-state index in [2.05, 4.69) is 37.9 Å². The molecule has 1 aromatic heterocycles. The standard InChI is InChI=1S/C27H35FN4O4/c1-16(2)11-20-9-10-30(13-17(3)4)22-15-31-14-21(24(33)25(34)23(31)27(36)32(20)22)26(35)29-12-18-5-7-19(28)8-6-18/h5-8,14,16-17,20,22,34H,9-13,15H2,1-4H3,(H,29,35)/t20-,22+/m1/s1. The molecule has 2 amide bonds. The molecule has 0 bridgehead atoms. The van der Waals surface area contributed by atoms with E-state index in [0.29, 0.717) is 23.9 Å². The average molecular weight is 499 g/mol. The molecule has 2 aliphatic rings. The van der Waals surface area contributed by atoms with Gasteiger partial charge in [-0.3, -0.25) is 19.3 Å². The lowest BCUT2D eigenvalue weighted by molar-refractivity contribution is -0.0449. The molecule has 0 radical (unpaired) electrons. The van der Waals surface area contributed by atoms with Gasteiger partial charge in [-0.05, 0) is 42.4 Å². The Bertz CT molecular complexity index is 1190. The number of pyridine rings is 1. The molecule has 3 heterocycles. The number of fused-ring (bicyclic) bond motifs is 2. The number of aromatic nitrogens is 1. The van der Waals surface area contributed by atoms with Crippen LogP contribution in [0.1, 0.15) is 66.9 Å². The number of halogens is 1. The molecule has 9 heteroatoms. The maximum atomic E-state index is 13.7. The largest absolute Gasteiger partial charge is 0.503 e. The van der Waals surface area contributed by atoms with Gasteiger partial charge in [0.25, 0.3) is 11.8 Å². The minimum absolute atomic E-state index is 0.0212. The van der Waals surface area contributed by atoms with Crippen molar-refractivity contribution < 1.29 is 19.1 Å². The third-order valence-electron chi connectivity index (χ3n) is 6.89. The number of hydrogen-bond donors (Lipinski definition) is 2. The molecule has 2 aromatic rings. The molecule has 4 rings (SSSR count). The first-order valence-electron chi connectivity index (χ1n) is 12.6. The second-order valence-corrected chi connectivity index (χ2v) is 10.7. The topological polar surface area (TPSA) is 94.9 Å². The van der Waals surface area contributed by atoms with Gasteiger partial charge in [-0.2, -0.15) is 0 Å². The molecule has 36 heavy (non-hydrogen) atoms. The number of nitrogens with one attached hydrogen (secondary N) is 1. The molecular formula is C27H35FN4O4. The number of carbonyl (C=O) groups excluding carboxylic acids is 2. The molecule has 8 nitrogen and oxygen atoms in total. The Morgan fingerprint density at radius 3 is 2.47 bits per heavy atom. The van der Waals surface area contributed by atoms with E-state index in [4.69, 9.17) is 0 Å². The molecule has 2 aliphatic heterocycles. The van der Waals surface area contributed by atoms with Crippen LogP contribution in [-0.2, 0) is 13.1 Å². The van der Waals surface area contributed by atoms with Gasteiger partial charge < -0.3 is 19.9 Å². The maximum absolute atomic E-state index is 13.7. The van der Waals surface area contributed by atoms with Crippen LogP contribution in [0.25, 0.3) is 0 Å². The zero-order valence-electron chi connectivity index (χ0n) is 21.3. The first-order chi connectivity index (χ1) is 17.1. The normalized spacial score (nSPS) is 20.0. The van der Waals surface area contributed by atoms with Crippen molar-refractivity contribution in [3.05, 3.63) is 63.3 Å². The van der Waals surface area contributed by atoms with Crippen molar-refractivity contribution >= 4 is 11.8 Å². The van der Waals surface area contributed by atoms with Crippen molar-refractivity contribution in [2.45, 2.75) is 65.8 Å². The summed E-state index contributed by atoms with van der Waals surface area (Å²) >= 11 is 0. The van der Waals surface area contributed by atoms with Crippen LogP contribution in [0.15, 0.2) is 35.3 Å². The number of rotatable bonds is 7. The van der Waals surface area contributed by atoms with Gasteiger partial charge in [0.1, 0.15) is 17.5 Å². The smallest absolute Gasteiger partial charge is 0.276 e. The number of amides is 2. The van der Waals surface area contributed by atoms with E-state index in [-0.39, 0.29) is 41.7 Å². The molecule has 0 spiro atoms. The predicted octanol–water partition coefficient (Wildman–Crippen LogP) is 3.18. The highest BCUT2D eigenvalue weighted by Crippen LogP contribution is 2.33. The van der Waals surface area contributed by atoms with Crippen LogP contribution in [0.5, 0.6) is 5.75 Å². The summed E-state index contributed by atoms with van der Waals surface area (Å²) in [5, 5.41) is 13.5. The van der Waals surface area contributed by atoms with E-state index in [1.807, 2.05) is 4.90 Å². The summed E-state index contributed by atoms with van der Waals surface area (Å²) in [6.07, 6.45) is 2.84. The van der Waals surface area contributed by atoms with Crippen LogP contribution in [0.4, 0.5) is 4.39 Å². The number of carbonyl (C=O) groups is 2. The summed E-state index contributed by atoms with van der Waals surface area (Å²) in [6.45, 7) is 10.6. The van der Waals surface area contributed by atoms with Gasteiger partial charge in [-0.25, -0.2) is 4.39 Å². The Labute approximate surface area is 210 Å². The van der Waals surface area contributed by atoms with Crippen molar-refractivity contribution in [2.75, 3.05) is 13.1 Å². The molecule has 0 unspecified atom stereocenters. The maximum Gasteiger partial charge on any atom is 0.276 e. The lowest BCUT2D eigenvalue weighted by Crippen LogP contribution is -2.65.